The highest BCUT2D eigenvalue weighted by atomic mass is 16.6. The van der Waals surface area contributed by atoms with Crippen LogP contribution in [0, 0.1) is 17.8 Å². The van der Waals surface area contributed by atoms with E-state index >= 15 is 0 Å². The summed E-state index contributed by atoms with van der Waals surface area (Å²) in [5.41, 5.74) is 0. The lowest BCUT2D eigenvalue weighted by Crippen LogP contribution is -2.16. The van der Waals surface area contributed by atoms with Crippen molar-refractivity contribution in [2.45, 2.75) is 80.6 Å². The minimum atomic E-state index is -0.706. The fourth-order valence-electron chi connectivity index (χ4n) is 1.34. The van der Waals surface area contributed by atoms with Crippen LogP contribution >= 0.6 is 0 Å². The second kappa shape index (κ2) is 22.7. The normalized spacial score (nSPS) is 12.8. The molecule has 0 aliphatic carbocycles. The SMILES string of the molecule is CCC(C)C(=O)O.CCC(C)C(=O)OCCOC.CCCCOC(=O)C(C)CC. The van der Waals surface area contributed by atoms with Gasteiger partial charge in [-0.1, -0.05) is 54.9 Å². The van der Waals surface area contributed by atoms with E-state index in [2.05, 4.69) is 6.92 Å². The number of hydrogen-bond donors (Lipinski definition) is 1. The van der Waals surface area contributed by atoms with Crippen LogP contribution in [0.25, 0.3) is 0 Å². The first kappa shape index (κ1) is 32.0. The number of carboxylic acids is 1. The van der Waals surface area contributed by atoms with E-state index < -0.39 is 5.97 Å². The fraction of sp³-hybridized carbons (Fsp3) is 0.864. The van der Waals surface area contributed by atoms with Gasteiger partial charge in [-0.3, -0.25) is 14.4 Å². The minimum absolute atomic E-state index is 0.00635. The third-order valence-corrected chi connectivity index (χ3v) is 4.34. The molecule has 0 bridgehead atoms. The topological polar surface area (TPSA) is 99.1 Å². The van der Waals surface area contributed by atoms with Gasteiger partial charge in [0.15, 0.2) is 0 Å². The summed E-state index contributed by atoms with van der Waals surface area (Å²) in [7, 11) is 1.58. The van der Waals surface area contributed by atoms with Gasteiger partial charge >= 0.3 is 17.9 Å². The van der Waals surface area contributed by atoms with Gasteiger partial charge in [-0.25, -0.2) is 0 Å². The first-order valence-electron chi connectivity index (χ1n) is 10.7. The maximum atomic E-state index is 11.0. The summed E-state index contributed by atoms with van der Waals surface area (Å²) in [4.78, 5) is 31.9. The Bertz CT molecular complexity index is 382. The molecular formula is C22H44O7. The molecule has 0 aliphatic heterocycles. The molecule has 3 unspecified atom stereocenters. The monoisotopic (exact) mass is 420 g/mol. The van der Waals surface area contributed by atoms with Crippen molar-refractivity contribution in [3.05, 3.63) is 0 Å². The molecule has 1 N–H and O–H groups in total. The Morgan fingerprint density at radius 3 is 1.41 bits per heavy atom. The van der Waals surface area contributed by atoms with E-state index in [9.17, 15) is 14.4 Å². The summed E-state index contributed by atoms with van der Waals surface area (Å²) in [5.74, 6) is -1.01. The van der Waals surface area contributed by atoms with Crippen molar-refractivity contribution in [2.75, 3.05) is 26.9 Å². The van der Waals surface area contributed by atoms with Gasteiger partial charge in [0.2, 0.25) is 0 Å². The van der Waals surface area contributed by atoms with Crippen LogP contribution in [-0.4, -0.2) is 49.9 Å². The van der Waals surface area contributed by atoms with Crippen LogP contribution in [-0.2, 0) is 28.6 Å². The highest BCUT2D eigenvalue weighted by Crippen LogP contribution is 2.04. The van der Waals surface area contributed by atoms with Gasteiger partial charge in [0.1, 0.15) is 6.61 Å². The van der Waals surface area contributed by atoms with Crippen LogP contribution in [0.4, 0.5) is 0 Å². The lowest BCUT2D eigenvalue weighted by Gasteiger charge is -2.07. The Morgan fingerprint density at radius 1 is 0.724 bits per heavy atom. The quantitative estimate of drug-likeness (QED) is 0.360. The molecule has 0 radical (unpaired) electrons. The third kappa shape index (κ3) is 22.5. The second-order valence-electron chi connectivity index (χ2n) is 6.95. The first-order chi connectivity index (χ1) is 13.6. The maximum absolute atomic E-state index is 11.0. The third-order valence-electron chi connectivity index (χ3n) is 4.34. The molecular weight excluding hydrogens is 376 g/mol. The molecule has 7 nitrogen and oxygen atoms in total. The number of aliphatic carboxylic acids is 1. The van der Waals surface area contributed by atoms with Gasteiger partial charge < -0.3 is 19.3 Å². The van der Waals surface area contributed by atoms with Crippen molar-refractivity contribution in [1.82, 2.24) is 0 Å². The molecule has 0 amide bonds. The maximum Gasteiger partial charge on any atom is 0.308 e. The van der Waals surface area contributed by atoms with Crippen molar-refractivity contribution in [3.8, 4) is 0 Å². The van der Waals surface area contributed by atoms with Gasteiger partial charge in [-0.15, -0.1) is 0 Å². The number of carbonyl (C=O) groups excluding carboxylic acids is 2. The molecule has 29 heavy (non-hydrogen) atoms. The van der Waals surface area contributed by atoms with E-state index in [-0.39, 0.29) is 29.7 Å². The van der Waals surface area contributed by atoms with Crippen LogP contribution in [0.2, 0.25) is 0 Å². The molecule has 174 valence electrons. The highest BCUT2D eigenvalue weighted by molar-refractivity contribution is 5.72. The Hall–Kier alpha value is -1.63. The molecule has 0 rings (SSSR count). The molecule has 0 spiro atoms. The largest absolute Gasteiger partial charge is 0.481 e. The molecule has 0 aromatic heterocycles. The van der Waals surface area contributed by atoms with Crippen molar-refractivity contribution < 1.29 is 33.7 Å². The molecule has 3 atom stereocenters. The zero-order valence-electron chi connectivity index (χ0n) is 19.8. The Morgan fingerprint density at radius 2 is 1.14 bits per heavy atom. The van der Waals surface area contributed by atoms with Crippen LogP contribution in [0.3, 0.4) is 0 Å². The summed E-state index contributed by atoms with van der Waals surface area (Å²) >= 11 is 0. The van der Waals surface area contributed by atoms with E-state index in [1.807, 2.05) is 34.6 Å². The minimum Gasteiger partial charge on any atom is -0.481 e. The van der Waals surface area contributed by atoms with Crippen molar-refractivity contribution in [3.63, 3.8) is 0 Å². The van der Waals surface area contributed by atoms with Gasteiger partial charge in [0, 0.05) is 7.11 Å². The summed E-state index contributed by atoms with van der Waals surface area (Å²) in [6.45, 7) is 14.8. The predicted molar refractivity (Wildman–Crippen MR) is 115 cm³/mol. The van der Waals surface area contributed by atoms with Gasteiger partial charge in [0.05, 0.1) is 31.0 Å². The lowest BCUT2D eigenvalue weighted by atomic mass is 10.1. The number of ether oxygens (including phenoxy) is 3. The summed E-state index contributed by atoms with van der Waals surface area (Å²) in [6.07, 6.45) is 4.46. The van der Waals surface area contributed by atoms with Crippen molar-refractivity contribution >= 4 is 17.9 Å². The van der Waals surface area contributed by atoms with Gasteiger partial charge in [-0.2, -0.15) is 0 Å². The summed E-state index contributed by atoms with van der Waals surface area (Å²) in [6, 6.07) is 0. The number of hydrogen-bond acceptors (Lipinski definition) is 6. The molecule has 0 saturated carbocycles. The molecule has 7 heteroatoms. The Kier molecular flexibility index (Phi) is 25.0. The fourth-order valence-corrected chi connectivity index (χ4v) is 1.34. The molecule has 0 heterocycles. The van der Waals surface area contributed by atoms with Crippen LogP contribution < -0.4 is 0 Å². The van der Waals surface area contributed by atoms with Crippen LogP contribution in [0.5, 0.6) is 0 Å². The number of esters is 2. The number of rotatable bonds is 12. The van der Waals surface area contributed by atoms with Crippen molar-refractivity contribution in [1.29, 1.82) is 0 Å². The first-order valence-corrected chi connectivity index (χ1v) is 10.7. The van der Waals surface area contributed by atoms with Gasteiger partial charge in [0.25, 0.3) is 0 Å². The molecule has 0 aromatic carbocycles. The number of methoxy groups -OCH3 is 1. The second-order valence-corrected chi connectivity index (χ2v) is 6.95. The van der Waals surface area contributed by atoms with E-state index in [1.54, 1.807) is 14.0 Å². The summed E-state index contributed by atoms with van der Waals surface area (Å²) in [5, 5.41) is 8.18. The predicted octanol–water partition coefficient (Wildman–Crippen LogP) is 4.72. The van der Waals surface area contributed by atoms with E-state index in [4.69, 9.17) is 19.3 Å². The average Bonchev–Trinajstić information content (AvgIpc) is 2.72. The number of carboxylic acid groups (broad SMARTS) is 1. The number of unbranched alkanes of at least 4 members (excludes halogenated alkanes) is 1. The van der Waals surface area contributed by atoms with Crippen LogP contribution in [0.15, 0.2) is 0 Å². The molecule has 0 aromatic rings. The lowest BCUT2D eigenvalue weighted by molar-refractivity contribution is -0.149. The van der Waals surface area contributed by atoms with E-state index in [0.717, 1.165) is 32.1 Å². The van der Waals surface area contributed by atoms with E-state index in [0.29, 0.717) is 19.8 Å². The number of carbonyl (C=O) groups is 3. The smallest absolute Gasteiger partial charge is 0.308 e. The average molecular weight is 421 g/mol. The van der Waals surface area contributed by atoms with Crippen LogP contribution in [0.1, 0.15) is 80.6 Å². The Balaban J connectivity index is -0.000000360. The Labute approximate surface area is 177 Å². The molecule has 0 aliphatic rings. The van der Waals surface area contributed by atoms with Crippen molar-refractivity contribution in [2.24, 2.45) is 17.8 Å². The zero-order valence-corrected chi connectivity index (χ0v) is 19.8. The molecule has 0 saturated heterocycles. The highest BCUT2D eigenvalue weighted by Gasteiger charge is 2.11. The standard InChI is InChI=1S/C9H18O2.C8H16O3.C5H10O2/c1-4-6-7-11-9(10)8(3)5-2;1-4-7(2)8(9)11-6-5-10-3;1-3-4(2)5(6)7/h8H,4-7H2,1-3H3;7H,4-6H2,1-3H3;4H,3H2,1-2H3,(H,6,7). The molecule has 0 fully saturated rings. The summed E-state index contributed by atoms with van der Waals surface area (Å²) < 4.78 is 14.6. The van der Waals surface area contributed by atoms with E-state index in [1.165, 1.54) is 0 Å². The van der Waals surface area contributed by atoms with Gasteiger partial charge in [-0.05, 0) is 25.7 Å². The zero-order chi connectivity index (χ0) is 23.2.